The highest BCUT2D eigenvalue weighted by Crippen LogP contribution is 2.36. The Labute approximate surface area is 131 Å². The number of benzene rings is 1. The fraction of sp³-hybridized carbons (Fsp3) is 0.500. The maximum absolute atomic E-state index is 12.8. The maximum Gasteiger partial charge on any atom is 0.417 e. The summed E-state index contributed by atoms with van der Waals surface area (Å²) in [5.41, 5.74) is -0.873. The van der Waals surface area contributed by atoms with Gasteiger partial charge in [0, 0.05) is 31.9 Å². The number of carbonyl (C=O) groups excluding carboxylic acids is 1. The van der Waals surface area contributed by atoms with E-state index in [4.69, 9.17) is 11.6 Å². The Balaban J connectivity index is 2.03. The minimum absolute atomic E-state index is 0.0830. The second kappa shape index (κ2) is 6.75. The van der Waals surface area contributed by atoms with E-state index in [1.165, 1.54) is 6.07 Å². The van der Waals surface area contributed by atoms with Crippen molar-refractivity contribution in [1.82, 2.24) is 9.80 Å². The first-order chi connectivity index (χ1) is 10.3. The number of urea groups is 1. The number of hydrogen-bond donors (Lipinski definition) is 1. The molecule has 0 bridgehead atoms. The molecule has 1 aliphatic heterocycles. The summed E-state index contributed by atoms with van der Waals surface area (Å²) in [6.45, 7) is 5.60. The van der Waals surface area contributed by atoms with Gasteiger partial charge in [-0.15, -0.1) is 0 Å². The number of alkyl halides is 3. The van der Waals surface area contributed by atoms with Gasteiger partial charge in [0.1, 0.15) is 0 Å². The Morgan fingerprint density at radius 1 is 1.27 bits per heavy atom. The summed E-state index contributed by atoms with van der Waals surface area (Å²) in [6.07, 6.45) is -4.55. The molecule has 1 N–H and O–H groups in total. The van der Waals surface area contributed by atoms with Gasteiger partial charge in [0.05, 0.1) is 10.6 Å². The molecular formula is C14H17ClF3N3O. The van der Waals surface area contributed by atoms with Crippen LogP contribution < -0.4 is 5.32 Å². The number of piperazine rings is 1. The number of hydrogen-bond acceptors (Lipinski definition) is 2. The van der Waals surface area contributed by atoms with Crippen molar-refractivity contribution in [2.75, 3.05) is 38.0 Å². The summed E-state index contributed by atoms with van der Waals surface area (Å²) < 4.78 is 38.4. The lowest BCUT2D eigenvalue weighted by Gasteiger charge is -2.34. The Bertz CT molecular complexity index is 543. The molecule has 0 aromatic heterocycles. The van der Waals surface area contributed by atoms with E-state index in [0.29, 0.717) is 13.1 Å². The third-order valence-corrected chi connectivity index (χ3v) is 3.96. The van der Waals surface area contributed by atoms with Gasteiger partial charge in [-0.05, 0) is 24.7 Å². The molecular weight excluding hydrogens is 319 g/mol. The van der Waals surface area contributed by atoms with Crippen LogP contribution in [0.2, 0.25) is 5.02 Å². The van der Waals surface area contributed by atoms with Crippen LogP contribution in [0.4, 0.5) is 23.7 Å². The third-order valence-electron chi connectivity index (χ3n) is 3.63. The van der Waals surface area contributed by atoms with Crippen molar-refractivity contribution in [3.63, 3.8) is 0 Å². The van der Waals surface area contributed by atoms with Gasteiger partial charge in [0.25, 0.3) is 0 Å². The first kappa shape index (κ1) is 16.9. The number of rotatable bonds is 2. The summed E-state index contributed by atoms with van der Waals surface area (Å²) in [4.78, 5) is 15.9. The molecule has 1 aromatic carbocycles. The van der Waals surface area contributed by atoms with E-state index in [-0.39, 0.29) is 10.7 Å². The van der Waals surface area contributed by atoms with Crippen LogP contribution in [0.15, 0.2) is 18.2 Å². The molecule has 0 aliphatic carbocycles. The summed E-state index contributed by atoms with van der Waals surface area (Å²) in [7, 11) is 0. The Kier molecular flexibility index (Phi) is 5.18. The standard InChI is InChI=1S/C14H17ClF3N3O/c1-2-20-5-7-21(8-6-20)13(22)19-10-3-4-12(15)11(9-10)14(16,17)18/h3-4,9H,2,5-8H2,1H3,(H,19,22). The van der Waals surface area contributed by atoms with Gasteiger partial charge in [0.15, 0.2) is 0 Å². The van der Waals surface area contributed by atoms with E-state index in [1.807, 2.05) is 6.92 Å². The molecule has 22 heavy (non-hydrogen) atoms. The zero-order valence-electron chi connectivity index (χ0n) is 12.1. The van der Waals surface area contributed by atoms with Crippen LogP contribution in [0.5, 0.6) is 0 Å². The minimum Gasteiger partial charge on any atom is -0.322 e. The van der Waals surface area contributed by atoms with Gasteiger partial charge in [-0.25, -0.2) is 4.79 Å². The van der Waals surface area contributed by atoms with Gasteiger partial charge < -0.3 is 15.1 Å². The average molecular weight is 336 g/mol. The predicted octanol–water partition coefficient (Wildman–Crippen LogP) is 3.53. The molecule has 2 rings (SSSR count). The summed E-state index contributed by atoms with van der Waals surface area (Å²) in [5.74, 6) is 0. The van der Waals surface area contributed by atoms with Crippen LogP contribution in [0.25, 0.3) is 0 Å². The molecule has 0 saturated carbocycles. The second-order valence-corrected chi connectivity index (χ2v) is 5.45. The lowest BCUT2D eigenvalue weighted by molar-refractivity contribution is -0.137. The van der Waals surface area contributed by atoms with E-state index in [9.17, 15) is 18.0 Å². The zero-order valence-corrected chi connectivity index (χ0v) is 12.8. The van der Waals surface area contributed by atoms with Crippen molar-refractivity contribution < 1.29 is 18.0 Å². The summed E-state index contributed by atoms with van der Waals surface area (Å²) in [5, 5.41) is 2.11. The van der Waals surface area contributed by atoms with Crippen molar-refractivity contribution in [2.45, 2.75) is 13.1 Å². The molecule has 8 heteroatoms. The molecule has 0 spiro atoms. The molecule has 1 heterocycles. The van der Waals surface area contributed by atoms with E-state index in [2.05, 4.69) is 10.2 Å². The van der Waals surface area contributed by atoms with Crippen molar-refractivity contribution >= 4 is 23.3 Å². The van der Waals surface area contributed by atoms with E-state index >= 15 is 0 Å². The molecule has 1 aromatic rings. The monoisotopic (exact) mass is 335 g/mol. The van der Waals surface area contributed by atoms with E-state index in [1.54, 1.807) is 4.90 Å². The van der Waals surface area contributed by atoms with E-state index < -0.39 is 17.8 Å². The van der Waals surface area contributed by atoms with Crippen molar-refractivity contribution in [3.05, 3.63) is 28.8 Å². The first-order valence-electron chi connectivity index (χ1n) is 6.96. The Hall–Kier alpha value is -1.47. The lowest BCUT2D eigenvalue weighted by Crippen LogP contribution is -2.49. The first-order valence-corrected chi connectivity index (χ1v) is 7.34. The number of nitrogens with one attached hydrogen (secondary N) is 1. The number of amides is 2. The van der Waals surface area contributed by atoms with Crippen LogP contribution in [-0.2, 0) is 6.18 Å². The van der Waals surface area contributed by atoms with E-state index in [0.717, 1.165) is 31.8 Å². The van der Waals surface area contributed by atoms with Gasteiger partial charge >= 0.3 is 12.2 Å². The minimum atomic E-state index is -4.55. The Morgan fingerprint density at radius 2 is 1.91 bits per heavy atom. The Morgan fingerprint density at radius 3 is 2.45 bits per heavy atom. The molecule has 0 unspecified atom stereocenters. The van der Waals surface area contributed by atoms with Crippen molar-refractivity contribution in [2.24, 2.45) is 0 Å². The molecule has 1 saturated heterocycles. The largest absolute Gasteiger partial charge is 0.417 e. The van der Waals surface area contributed by atoms with Gasteiger partial charge in [0.2, 0.25) is 0 Å². The molecule has 1 fully saturated rings. The molecule has 4 nitrogen and oxygen atoms in total. The van der Waals surface area contributed by atoms with Crippen LogP contribution in [0.3, 0.4) is 0 Å². The van der Waals surface area contributed by atoms with Crippen LogP contribution in [0, 0.1) is 0 Å². The molecule has 2 amide bonds. The average Bonchev–Trinajstić information content (AvgIpc) is 2.48. The number of carbonyl (C=O) groups is 1. The van der Waals surface area contributed by atoms with Crippen LogP contribution in [-0.4, -0.2) is 48.6 Å². The highest BCUT2D eigenvalue weighted by molar-refractivity contribution is 6.31. The fourth-order valence-electron chi connectivity index (χ4n) is 2.29. The maximum atomic E-state index is 12.8. The third kappa shape index (κ3) is 4.04. The van der Waals surface area contributed by atoms with Crippen molar-refractivity contribution in [1.29, 1.82) is 0 Å². The number of nitrogens with zero attached hydrogens (tertiary/aromatic N) is 2. The molecule has 0 atom stereocenters. The zero-order chi connectivity index (χ0) is 16.3. The second-order valence-electron chi connectivity index (χ2n) is 5.04. The summed E-state index contributed by atoms with van der Waals surface area (Å²) in [6, 6.07) is 2.95. The topological polar surface area (TPSA) is 35.6 Å². The fourth-order valence-corrected chi connectivity index (χ4v) is 2.51. The van der Waals surface area contributed by atoms with Crippen LogP contribution in [0.1, 0.15) is 12.5 Å². The highest BCUT2D eigenvalue weighted by Gasteiger charge is 2.33. The SMILES string of the molecule is CCN1CCN(C(=O)Nc2ccc(Cl)c(C(F)(F)F)c2)CC1. The number of likely N-dealkylation sites (N-methyl/N-ethyl adjacent to an activating group) is 1. The molecule has 0 radical (unpaired) electrons. The summed E-state index contributed by atoms with van der Waals surface area (Å²) >= 11 is 5.55. The van der Waals surface area contributed by atoms with Crippen LogP contribution >= 0.6 is 11.6 Å². The smallest absolute Gasteiger partial charge is 0.322 e. The highest BCUT2D eigenvalue weighted by atomic mass is 35.5. The number of halogens is 4. The predicted molar refractivity (Wildman–Crippen MR) is 79.2 cm³/mol. The molecule has 122 valence electrons. The van der Waals surface area contributed by atoms with Gasteiger partial charge in [-0.3, -0.25) is 0 Å². The molecule has 1 aliphatic rings. The van der Waals surface area contributed by atoms with Crippen molar-refractivity contribution in [3.8, 4) is 0 Å². The normalized spacial score (nSPS) is 16.7. The number of anilines is 1. The van der Waals surface area contributed by atoms with Gasteiger partial charge in [-0.2, -0.15) is 13.2 Å². The lowest BCUT2D eigenvalue weighted by atomic mass is 10.2. The quantitative estimate of drug-likeness (QED) is 0.897. The van der Waals surface area contributed by atoms with Gasteiger partial charge in [-0.1, -0.05) is 18.5 Å².